The summed E-state index contributed by atoms with van der Waals surface area (Å²) in [6.07, 6.45) is 0.559. The van der Waals surface area contributed by atoms with E-state index in [1.807, 2.05) is 6.92 Å². The number of hydrogen-bond acceptors (Lipinski definition) is 12. The van der Waals surface area contributed by atoms with Crippen LogP contribution in [-0.2, 0) is 9.53 Å². The van der Waals surface area contributed by atoms with Gasteiger partial charge >= 0.3 is 5.97 Å². The summed E-state index contributed by atoms with van der Waals surface area (Å²) in [5.74, 6) is -2.37. The Morgan fingerprint density at radius 2 is 1.21 bits per heavy atom. The van der Waals surface area contributed by atoms with E-state index in [-0.39, 0.29) is 32.1 Å². The van der Waals surface area contributed by atoms with Crippen molar-refractivity contribution in [2.75, 3.05) is 0 Å². The number of aliphatic hydroxyl groups excluding tert-OH is 10. The van der Waals surface area contributed by atoms with Crippen LogP contribution < -0.4 is 0 Å². The van der Waals surface area contributed by atoms with E-state index in [2.05, 4.69) is 0 Å². The second-order valence-electron chi connectivity index (χ2n) is 12.5. The number of cyclic esters (lactones) is 1. The van der Waals surface area contributed by atoms with Gasteiger partial charge in [-0.1, -0.05) is 80.9 Å². The lowest BCUT2D eigenvalue weighted by molar-refractivity contribution is -0.168. The number of carbonyl (C=O) groups is 1. The van der Waals surface area contributed by atoms with Gasteiger partial charge in [0, 0.05) is 12.8 Å². The number of esters is 1. The summed E-state index contributed by atoms with van der Waals surface area (Å²) in [5, 5.41) is 105. The molecule has 0 bridgehead atoms. The number of allylic oxidation sites excluding steroid dienone is 8. The third-order valence-corrected chi connectivity index (χ3v) is 8.17. The molecule has 0 spiro atoms. The minimum absolute atomic E-state index is 0.197. The van der Waals surface area contributed by atoms with Gasteiger partial charge in [0.05, 0.1) is 42.7 Å². The average Bonchev–Trinajstić information content (AvgIpc) is 2.98. The van der Waals surface area contributed by atoms with Gasteiger partial charge in [-0.05, 0) is 45.1 Å². The van der Waals surface area contributed by atoms with Crippen LogP contribution in [0.5, 0.6) is 0 Å². The molecule has 0 saturated carbocycles. The summed E-state index contributed by atoms with van der Waals surface area (Å²) in [6, 6.07) is 0. The molecule has 1 aliphatic rings. The van der Waals surface area contributed by atoms with Gasteiger partial charge in [0.1, 0.15) is 30.3 Å². The number of unbranched alkanes of at least 4 members (excludes halogenated alkanes) is 2. The maximum Gasteiger partial charge on any atom is 0.314 e. The van der Waals surface area contributed by atoms with E-state index in [4.69, 9.17) is 4.74 Å². The zero-order valence-corrected chi connectivity index (χ0v) is 27.8. The van der Waals surface area contributed by atoms with Crippen LogP contribution in [0.2, 0.25) is 0 Å². The van der Waals surface area contributed by atoms with Crippen molar-refractivity contribution >= 4 is 5.97 Å². The summed E-state index contributed by atoms with van der Waals surface area (Å²) in [4.78, 5) is 13.1. The molecule has 0 aromatic rings. The molecule has 12 atom stereocenters. The highest BCUT2D eigenvalue weighted by Crippen LogP contribution is 2.24. The van der Waals surface area contributed by atoms with Gasteiger partial charge < -0.3 is 55.8 Å². The van der Waals surface area contributed by atoms with E-state index in [1.165, 1.54) is 13.0 Å². The van der Waals surface area contributed by atoms with E-state index in [9.17, 15) is 55.9 Å². The highest BCUT2D eigenvalue weighted by atomic mass is 16.6. The smallest absolute Gasteiger partial charge is 0.314 e. The lowest BCUT2D eigenvalue weighted by Crippen LogP contribution is -2.43. The molecule has 0 aliphatic carbocycles. The highest BCUT2D eigenvalue weighted by molar-refractivity contribution is 5.74. The highest BCUT2D eigenvalue weighted by Gasteiger charge is 2.37. The molecular formula is C35H58O12. The Kier molecular flexibility index (Phi) is 21.1. The SMILES string of the molecule is CCCCC[C@@H](O)[C@H]1C(=O)O[C@H](C)[C@@H](O)C=CC=CC=CC=CC=C(C)[C@@H](O)[C@H](O)[C@H](O)C[C@H](O)C[C@H](O)C[C@H](O)C[C@H](O)C[C@@H]1O. The van der Waals surface area contributed by atoms with Gasteiger partial charge in [-0.3, -0.25) is 4.79 Å². The summed E-state index contributed by atoms with van der Waals surface area (Å²) in [7, 11) is 0. The molecule has 0 saturated heterocycles. The Labute approximate surface area is 278 Å². The largest absolute Gasteiger partial charge is 0.459 e. The molecule has 1 aliphatic heterocycles. The maximum absolute atomic E-state index is 13.1. The van der Waals surface area contributed by atoms with Crippen LogP contribution in [-0.4, -0.2) is 124 Å². The van der Waals surface area contributed by atoms with Gasteiger partial charge in [0.25, 0.3) is 0 Å². The van der Waals surface area contributed by atoms with Gasteiger partial charge in [0.15, 0.2) is 0 Å². The third-order valence-electron chi connectivity index (χ3n) is 8.17. The number of carbonyl (C=O) groups excluding carboxylic acids is 1. The van der Waals surface area contributed by atoms with Crippen LogP contribution in [0.15, 0.2) is 60.3 Å². The van der Waals surface area contributed by atoms with Crippen molar-refractivity contribution in [3.05, 3.63) is 60.3 Å². The van der Waals surface area contributed by atoms with Crippen LogP contribution >= 0.6 is 0 Å². The fourth-order valence-electron chi connectivity index (χ4n) is 5.30. The third kappa shape index (κ3) is 17.1. The number of hydrogen-bond donors (Lipinski definition) is 10. The van der Waals surface area contributed by atoms with Crippen molar-refractivity contribution in [1.29, 1.82) is 0 Å². The van der Waals surface area contributed by atoms with Gasteiger partial charge in [0.2, 0.25) is 0 Å². The van der Waals surface area contributed by atoms with Crippen molar-refractivity contribution in [1.82, 2.24) is 0 Å². The Morgan fingerprint density at radius 3 is 1.77 bits per heavy atom. The van der Waals surface area contributed by atoms with Crippen molar-refractivity contribution in [3.8, 4) is 0 Å². The summed E-state index contributed by atoms with van der Waals surface area (Å²) >= 11 is 0. The molecule has 1 heterocycles. The molecule has 10 N–H and O–H groups in total. The zero-order valence-electron chi connectivity index (χ0n) is 27.8. The van der Waals surface area contributed by atoms with Gasteiger partial charge in [-0.25, -0.2) is 0 Å². The Balaban J connectivity index is 3.19. The van der Waals surface area contributed by atoms with Gasteiger partial charge in [-0.15, -0.1) is 0 Å². The first-order valence-electron chi connectivity index (χ1n) is 16.5. The lowest BCUT2D eigenvalue weighted by Gasteiger charge is -2.30. The predicted molar refractivity (Wildman–Crippen MR) is 177 cm³/mol. The van der Waals surface area contributed by atoms with Crippen LogP contribution in [0.25, 0.3) is 0 Å². The van der Waals surface area contributed by atoms with Crippen molar-refractivity contribution in [3.63, 3.8) is 0 Å². The molecule has 12 nitrogen and oxygen atoms in total. The second-order valence-corrected chi connectivity index (χ2v) is 12.5. The maximum atomic E-state index is 13.1. The number of aliphatic hydroxyl groups is 10. The molecule has 12 heteroatoms. The lowest BCUT2D eigenvalue weighted by atomic mass is 9.87. The normalized spacial score (nSPS) is 35.8. The number of ether oxygens (including phenoxy) is 1. The van der Waals surface area contributed by atoms with E-state index in [1.54, 1.807) is 55.5 Å². The molecule has 0 aromatic heterocycles. The molecular weight excluding hydrogens is 612 g/mol. The molecule has 0 fully saturated rings. The van der Waals surface area contributed by atoms with Crippen LogP contribution in [0, 0.1) is 5.92 Å². The molecule has 270 valence electrons. The molecule has 0 aromatic carbocycles. The summed E-state index contributed by atoms with van der Waals surface area (Å²) in [5.41, 5.74) is 0.357. The average molecular weight is 671 g/mol. The minimum atomic E-state index is -1.61. The van der Waals surface area contributed by atoms with Crippen LogP contribution in [0.3, 0.4) is 0 Å². The summed E-state index contributed by atoms with van der Waals surface area (Å²) < 4.78 is 5.41. The van der Waals surface area contributed by atoms with Gasteiger partial charge in [-0.2, -0.15) is 0 Å². The Bertz CT molecular complexity index is 1020. The molecule has 1 rings (SSSR count). The van der Waals surface area contributed by atoms with Crippen molar-refractivity contribution in [2.45, 2.75) is 146 Å². The molecule has 0 radical (unpaired) electrons. The van der Waals surface area contributed by atoms with Crippen molar-refractivity contribution in [2.24, 2.45) is 5.92 Å². The minimum Gasteiger partial charge on any atom is -0.459 e. The van der Waals surface area contributed by atoms with E-state index >= 15 is 0 Å². The van der Waals surface area contributed by atoms with Crippen molar-refractivity contribution < 1.29 is 60.6 Å². The first-order chi connectivity index (χ1) is 22.2. The Hall–Kier alpha value is -2.23. The quantitative estimate of drug-likeness (QED) is 0.145. The standard InChI is InChI=1S/C35H58O12/c1-4-5-11-16-29(41)32-30(42)20-26(38)18-24(36)17-25(37)19-27(39)21-31(43)34(45)33(44)22(2)14-12-9-7-6-8-10-13-15-28(40)23(3)47-35(32)46/h6-10,12-15,23-34,36-45H,4-5,11,16-21H2,1-3H3/t23-,24+,25-,26+,27-,28+,29-,30+,31-,32-,33-,34-/m1/s1. The van der Waals surface area contributed by atoms with Crippen LogP contribution in [0.4, 0.5) is 0 Å². The van der Waals surface area contributed by atoms with E-state index in [0.29, 0.717) is 12.0 Å². The van der Waals surface area contributed by atoms with Crippen LogP contribution in [0.1, 0.15) is 78.6 Å². The fourth-order valence-corrected chi connectivity index (χ4v) is 5.30. The fraction of sp³-hybridized carbons (Fsp3) is 0.686. The second kappa shape index (κ2) is 23.2. The van der Waals surface area contributed by atoms with E-state index in [0.717, 1.165) is 12.8 Å². The first kappa shape index (κ1) is 42.8. The molecule has 0 amide bonds. The topological polar surface area (TPSA) is 229 Å². The number of rotatable bonds is 5. The molecule has 0 unspecified atom stereocenters. The zero-order chi connectivity index (χ0) is 35.5. The first-order valence-corrected chi connectivity index (χ1v) is 16.5. The monoisotopic (exact) mass is 670 g/mol. The Morgan fingerprint density at radius 1 is 0.723 bits per heavy atom. The van der Waals surface area contributed by atoms with E-state index < -0.39 is 85.5 Å². The summed E-state index contributed by atoms with van der Waals surface area (Å²) in [6.45, 7) is 5.00. The predicted octanol–water partition coefficient (Wildman–Crippen LogP) is 0.859. The molecule has 47 heavy (non-hydrogen) atoms.